The monoisotopic (exact) mass is 485 g/mol. The van der Waals surface area contributed by atoms with Crippen LogP contribution in [0.3, 0.4) is 0 Å². The first-order valence-electron chi connectivity index (χ1n) is 10.3. The van der Waals surface area contributed by atoms with Crippen LogP contribution < -0.4 is 20.2 Å². The number of methoxy groups -OCH3 is 1. The van der Waals surface area contributed by atoms with E-state index in [0.29, 0.717) is 22.7 Å². The molecule has 7 nitrogen and oxygen atoms in total. The van der Waals surface area contributed by atoms with Crippen LogP contribution in [0, 0.1) is 6.92 Å². The van der Waals surface area contributed by atoms with Gasteiger partial charge in [0.2, 0.25) is 0 Å². The third kappa shape index (κ3) is 7.32. The number of hydrazone groups is 1. The van der Waals surface area contributed by atoms with Gasteiger partial charge in [0, 0.05) is 11.3 Å². The summed E-state index contributed by atoms with van der Waals surface area (Å²) < 4.78 is 49.3. The van der Waals surface area contributed by atoms with Gasteiger partial charge >= 0.3 is 6.18 Å². The minimum Gasteiger partial charge on any atom is -0.493 e. The van der Waals surface area contributed by atoms with Gasteiger partial charge in [-0.1, -0.05) is 23.8 Å². The van der Waals surface area contributed by atoms with E-state index in [1.54, 1.807) is 30.3 Å². The molecule has 0 aliphatic rings. The maximum Gasteiger partial charge on any atom is 0.416 e. The van der Waals surface area contributed by atoms with Crippen molar-refractivity contribution in [3.05, 3.63) is 89.0 Å². The summed E-state index contributed by atoms with van der Waals surface area (Å²) >= 11 is 0. The maximum absolute atomic E-state index is 12.8. The summed E-state index contributed by atoms with van der Waals surface area (Å²) in [4.78, 5) is 24.2. The first-order chi connectivity index (χ1) is 16.7. The van der Waals surface area contributed by atoms with E-state index in [0.717, 1.165) is 23.8 Å². The number of halogens is 3. The molecule has 0 heterocycles. The number of aryl methyl sites for hydroxylation is 1. The Balaban J connectivity index is 1.58. The predicted molar refractivity (Wildman–Crippen MR) is 125 cm³/mol. The summed E-state index contributed by atoms with van der Waals surface area (Å²) in [5, 5.41) is 6.50. The molecule has 2 amide bonds. The van der Waals surface area contributed by atoms with E-state index in [1.807, 2.05) is 19.1 Å². The molecule has 0 saturated heterocycles. The number of anilines is 1. The lowest BCUT2D eigenvalue weighted by atomic mass is 10.1. The number of hydrogen-bond acceptors (Lipinski definition) is 5. The van der Waals surface area contributed by atoms with Gasteiger partial charge in [-0.3, -0.25) is 9.59 Å². The number of ether oxygens (including phenoxy) is 2. The second kappa shape index (κ2) is 11.2. The molecule has 0 bridgehead atoms. The van der Waals surface area contributed by atoms with E-state index in [2.05, 4.69) is 15.8 Å². The maximum atomic E-state index is 12.8. The molecule has 0 fully saturated rings. The molecule has 182 valence electrons. The van der Waals surface area contributed by atoms with Crippen molar-refractivity contribution in [1.82, 2.24) is 5.43 Å². The number of benzene rings is 3. The van der Waals surface area contributed by atoms with Gasteiger partial charge in [0.15, 0.2) is 18.1 Å². The Morgan fingerprint density at radius 1 is 1.00 bits per heavy atom. The van der Waals surface area contributed by atoms with Crippen molar-refractivity contribution in [2.75, 3.05) is 19.0 Å². The SMILES string of the molecule is COc1cc(/C=N\NC(=O)c2cccc(C(F)(F)F)c2)ccc1OCC(=O)Nc1ccc(C)cc1. The molecule has 2 N–H and O–H groups in total. The Bertz CT molecular complexity index is 1230. The second-order valence-electron chi connectivity index (χ2n) is 7.39. The number of alkyl halides is 3. The van der Waals surface area contributed by atoms with Crippen LogP contribution in [0.15, 0.2) is 71.8 Å². The number of rotatable bonds is 8. The van der Waals surface area contributed by atoms with Crippen molar-refractivity contribution < 1.29 is 32.2 Å². The van der Waals surface area contributed by atoms with Crippen LogP contribution >= 0.6 is 0 Å². The smallest absolute Gasteiger partial charge is 0.416 e. The highest BCUT2D eigenvalue weighted by molar-refractivity contribution is 5.95. The van der Waals surface area contributed by atoms with Crippen molar-refractivity contribution in [1.29, 1.82) is 0 Å². The fourth-order valence-corrected chi connectivity index (χ4v) is 2.93. The molecule has 3 rings (SSSR count). The third-order valence-corrected chi connectivity index (χ3v) is 4.71. The molecule has 0 radical (unpaired) electrons. The fraction of sp³-hybridized carbons (Fsp3) is 0.160. The fourth-order valence-electron chi connectivity index (χ4n) is 2.93. The normalized spacial score (nSPS) is 11.2. The van der Waals surface area contributed by atoms with Gasteiger partial charge in [-0.05, 0) is 61.0 Å². The lowest BCUT2D eigenvalue weighted by Gasteiger charge is -2.11. The molecule has 0 aromatic heterocycles. The number of amides is 2. The molecular weight excluding hydrogens is 463 g/mol. The average molecular weight is 485 g/mol. The Hall–Kier alpha value is -4.34. The molecule has 0 aliphatic heterocycles. The van der Waals surface area contributed by atoms with Crippen LogP contribution in [-0.2, 0) is 11.0 Å². The Morgan fingerprint density at radius 2 is 1.74 bits per heavy atom. The molecule has 0 unspecified atom stereocenters. The van der Waals surface area contributed by atoms with Crippen LogP contribution in [-0.4, -0.2) is 31.7 Å². The van der Waals surface area contributed by atoms with E-state index in [1.165, 1.54) is 19.4 Å². The van der Waals surface area contributed by atoms with Gasteiger partial charge in [-0.2, -0.15) is 18.3 Å². The van der Waals surface area contributed by atoms with Gasteiger partial charge in [0.1, 0.15) is 0 Å². The highest BCUT2D eigenvalue weighted by Crippen LogP contribution is 2.30. The highest BCUT2D eigenvalue weighted by atomic mass is 19.4. The van der Waals surface area contributed by atoms with E-state index >= 15 is 0 Å². The largest absolute Gasteiger partial charge is 0.493 e. The van der Waals surface area contributed by atoms with E-state index < -0.39 is 17.6 Å². The first-order valence-corrected chi connectivity index (χ1v) is 10.3. The minimum atomic E-state index is -4.55. The minimum absolute atomic E-state index is 0.179. The van der Waals surface area contributed by atoms with Crippen molar-refractivity contribution in [2.24, 2.45) is 5.10 Å². The number of hydrogen-bond donors (Lipinski definition) is 2. The quantitative estimate of drug-likeness (QED) is 0.354. The zero-order valence-electron chi connectivity index (χ0n) is 18.8. The van der Waals surface area contributed by atoms with Crippen LogP contribution in [0.25, 0.3) is 0 Å². The summed E-state index contributed by atoms with van der Waals surface area (Å²) in [7, 11) is 1.42. The Kier molecular flexibility index (Phi) is 8.08. The molecule has 0 aliphatic carbocycles. The average Bonchev–Trinajstić information content (AvgIpc) is 2.84. The molecule has 3 aromatic rings. The number of nitrogens with zero attached hydrogens (tertiary/aromatic N) is 1. The molecule has 10 heteroatoms. The topological polar surface area (TPSA) is 89.0 Å². The van der Waals surface area contributed by atoms with Crippen LogP contribution in [0.1, 0.15) is 27.0 Å². The standard InChI is InChI=1S/C25H22F3N3O4/c1-16-6-9-20(10-7-16)30-23(32)15-35-21-11-8-17(12-22(21)34-2)14-29-31-24(33)18-4-3-5-19(13-18)25(26,27)28/h3-14H,15H2,1-2H3,(H,30,32)(H,31,33)/b29-14-. The van der Waals surface area contributed by atoms with E-state index in [4.69, 9.17) is 9.47 Å². The molecule has 35 heavy (non-hydrogen) atoms. The summed E-state index contributed by atoms with van der Waals surface area (Å²) in [6.07, 6.45) is -3.26. The van der Waals surface area contributed by atoms with Crippen LogP contribution in [0.5, 0.6) is 11.5 Å². The first kappa shape index (κ1) is 25.3. The van der Waals surface area contributed by atoms with Crippen molar-refractivity contribution in [3.8, 4) is 11.5 Å². The summed E-state index contributed by atoms with van der Waals surface area (Å²) in [6.45, 7) is 1.70. The number of carbonyl (C=O) groups is 2. The van der Waals surface area contributed by atoms with Crippen molar-refractivity contribution in [2.45, 2.75) is 13.1 Å². The van der Waals surface area contributed by atoms with Gasteiger partial charge in [-0.15, -0.1) is 0 Å². The summed E-state index contributed by atoms with van der Waals surface area (Å²) in [5.41, 5.74) is 3.31. The molecule has 0 saturated carbocycles. The second-order valence-corrected chi connectivity index (χ2v) is 7.39. The predicted octanol–water partition coefficient (Wildman–Crippen LogP) is 4.80. The van der Waals surface area contributed by atoms with Crippen LogP contribution in [0.2, 0.25) is 0 Å². The molecule has 3 aromatic carbocycles. The lowest BCUT2D eigenvalue weighted by molar-refractivity contribution is -0.137. The van der Waals surface area contributed by atoms with Crippen molar-refractivity contribution >= 4 is 23.7 Å². The summed E-state index contributed by atoms with van der Waals surface area (Å²) in [5.74, 6) is -0.504. The van der Waals surface area contributed by atoms with Gasteiger partial charge in [0.25, 0.3) is 11.8 Å². The number of nitrogens with one attached hydrogen (secondary N) is 2. The Labute approximate surface area is 199 Å². The van der Waals surface area contributed by atoms with Crippen molar-refractivity contribution in [3.63, 3.8) is 0 Å². The van der Waals surface area contributed by atoms with E-state index in [9.17, 15) is 22.8 Å². The highest BCUT2D eigenvalue weighted by Gasteiger charge is 2.30. The summed E-state index contributed by atoms with van der Waals surface area (Å²) in [6, 6.07) is 16.1. The molecule has 0 spiro atoms. The zero-order valence-corrected chi connectivity index (χ0v) is 18.8. The van der Waals surface area contributed by atoms with E-state index in [-0.39, 0.29) is 18.1 Å². The molecular formula is C25H22F3N3O4. The lowest BCUT2D eigenvalue weighted by Crippen LogP contribution is -2.20. The van der Waals surface area contributed by atoms with Gasteiger partial charge in [-0.25, -0.2) is 5.43 Å². The Morgan fingerprint density at radius 3 is 2.43 bits per heavy atom. The van der Waals surface area contributed by atoms with Crippen LogP contribution in [0.4, 0.5) is 18.9 Å². The van der Waals surface area contributed by atoms with Gasteiger partial charge in [0.05, 0.1) is 18.9 Å². The number of carbonyl (C=O) groups excluding carboxylic acids is 2. The molecule has 0 atom stereocenters. The third-order valence-electron chi connectivity index (χ3n) is 4.71. The zero-order chi connectivity index (χ0) is 25.4. The van der Waals surface area contributed by atoms with Gasteiger partial charge < -0.3 is 14.8 Å².